The van der Waals surface area contributed by atoms with E-state index in [9.17, 15) is 13.2 Å². The highest BCUT2D eigenvalue weighted by Crippen LogP contribution is 2.44. The number of hydrogen-bond acceptors (Lipinski definition) is 1. The lowest BCUT2D eigenvalue weighted by molar-refractivity contribution is -0.250. The first-order valence-corrected chi connectivity index (χ1v) is 9.69. The van der Waals surface area contributed by atoms with Crippen molar-refractivity contribution in [3.63, 3.8) is 0 Å². The van der Waals surface area contributed by atoms with Gasteiger partial charge in [0.15, 0.2) is 13.9 Å². The third-order valence-corrected chi connectivity index (χ3v) is 3.94. The zero-order valence-electron chi connectivity index (χ0n) is 10.7. The molecule has 0 aliphatic heterocycles. The molecule has 0 bridgehead atoms. The molecule has 0 spiro atoms. The molecule has 0 aliphatic carbocycles. The Labute approximate surface area is 115 Å². The second-order valence-electron chi connectivity index (χ2n) is 5.26. The maximum Gasteiger partial charge on any atom is 0.420 e. The standard InChI is InChI=1S/C12H16BrF3OSi/c1-11(12(14,15)16,17-18(2,3)4)9-6-5-7-10(13)8-9/h5-8H,1-4H3/t11-/m0/s1. The third kappa shape index (κ3) is 3.58. The van der Waals surface area contributed by atoms with Gasteiger partial charge in [-0.25, -0.2) is 0 Å². The number of rotatable bonds is 3. The highest BCUT2D eigenvalue weighted by atomic mass is 79.9. The van der Waals surface area contributed by atoms with Crippen LogP contribution in [-0.4, -0.2) is 14.5 Å². The summed E-state index contributed by atoms with van der Waals surface area (Å²) in [6, 6.07) is 6.16. The van der Waals surface area contributed by atoms with Crippen molar-refractivity contribution in [2.45, 2.75) is 38.3 Å². The van der Waals surface area contributed by atoms with Crippen molar-refractivity contribution in [1.82, 2.24) is 0 Å². The van der Waals surface area contributed by atoms with Gasteiger partial charge in [-0.1, -0.05) is 28.1 Å². The summed E-state index contributed by atoms with van der Waals surface area (Å²) >= 11 is 3.19. The van der Waals surface area contributed by atoms with E-state index in [2.05, 4.69) is 15.9 Å². The number of benzene rings is 1. The van der Waals surface area contributed by atoms with E-state index in [0.717, 1.165) is 6.92 Å². The minimum atomic E-state index is -4.45. The second kappa shape index (κ2) is 4.98. The SMILES string of the molecule is C[C@](O[Si](C)(C)C)(c1cccc(Br)c1)C(F)(F)F. The summed E-state index contributed by atoms with van der Waals surface area (Å²) in [7, 11) is -2.34. The van der Waals surface area contributed by atoms with Gasteiger partial charge in [-0.15, -0.1) is 0 Å². The van der Waals surface area contributed by atoms with Gasteiger partial charge >= 0.3 is 6.18 Å². The predicted molar refractivity (Wildman–Crippen MR) is 72.0 cm³/mol. The molecule has 0 amide bonds. The lowest BCUT2D eigenvalue weighted by Gasteiger charge is -2.38. The van der Waals surface area contributed by atoms with E-state index in [1.165, 1.54) is 12.1 Å². The molecule has 1 atom stereocenters. The van der Waals surface area contributed by atoms with Gasteiger partial charge in [0.05, 0.1) is 0 Å². The molecule has 0 N–H and O–H groups in total. The van der Waals surface area contributed by atoms with Crippen LogP contribution in [0, 0.1) is 0 Å². The van der Waals surface area contributed by atoms with Gasteiger partial charge < -0.3 is 4.43 Å². The van der Waals surface area contributed by atoms with E-state index in [4.69, 9.17) is 4.43 Å². The normalized spacial score (nSPS) is 16.4. The van der Waals surface area contributed by atoms with Crippen LogP contribution in [0.2, 0.25) is 19.6 Å². The molecule has 1 nitrogen and oxygen atoms in total. The molecule has 6 heteroatoms. The monoisotopic (exact) mass is 340 g/mol. The Morgan fingerprint density at radius 1 is 1.17 bits per heavy atom. The van der Waals surface area contributed by atoms with Gasteiger partial charge in [-0.3, -0.25) is 0 Å². The van der Waals surface area contributed by atoms with Crippen LogP contribution in [0.25, 0.3) is 0 Å². The van der Waals surface area contributed by atoms with Crippen LogP contribution in [0.4, 0.5) is 13.2 Å². The van der Waals surface area contributed by atoms with E-state index in [1.54, 1.807) is 31.8 Å². The Hall–Kier alpha value is -0.333. The Morgan fingerprint density at radius 2 is 1.72 bits per heavy atom. The first-order valence-electron chi connectivity index (χ1n) is 5.49. The molecule has 1 aromatic rings. The third-order valence-electron chi connectivity index (χ3n) is 2.43. The van der Waals surface area contributed by atoms with E-state index in [-0.39, 0.29) is 5.56 Å². The van der Waals surface area contributed by atoms with Gasteiger partial charge in [0.2, 0.25) is 0 Å². The Bertz CT molecular complexity index is 428. The predicted octanol–water partition coefficient (Wildman–Crippen LogP) is 5.08. The molecule has 0 aliphatic rings. The maximum absolute atomic E-state index is 13.3. The quantitative estimate of drug-likeness (QED) is 0.697. The van der Waals surface area contributed by atoms with Crippen LogP contribution < -0.4 is 0 Å². The van der Waals surface area contributed by atoms with Gasteiger partial charge in [0.1, 0.15) is 0 Å². The smallest absolute Gasteiger partial charge is 0.401 e. The summed E-state index contributed by atoms with van der Waals surface area (Å²) in [5, 5.41) is 0. The second-order valence-corrected chi connectivity index (χ2v) is 10.6. The van der Waals surface area contributed by atoms with Crippen LogP contribution >= 0.6 is 15.9 Å². The van der Waals surface area contributed by atoms with Gasteiger partial charge in [-0.05, 0) is 44.3 Å². The molecule has 0 heterocycles. The topological polar surface area (TPSA) is 9.23 Å². The van der Waals surface area contributed by atoms with Crippen LogP contribution in [-0.2, 0) is 10.0 Å². The molecular weight excluding hydrogens is 325 g/mol. The average molecular weight is 341 g/mol. The van der Waals surface area contributed by atoms with Crippen molar-refractivity contribution in [2.24, 2.45) is 0 Å². The first kappa shape index (κ1) is 15.7. The maximum atomic E-state index is 13.3. The van der Waals surface area contributed by atoms with Gasteiger partial charge in [0.25, 0.3) is 0 Å². The summed E-state index contributed by atoms with van der Waals surface area (Å²) < 4.78 is 46.0. The molecule has 0 saturated heterocycles. The van der Waals surface area contributed by atoms with Crippen molar-refractivity contribution in [1.29, 1.82) is 0 Å². The zero-order valence-corrected chi connectivity index (χ0v) is 13.3. The van der Waals surface area contributed by atoms with Crippen LogP contribution in [0.1, 0.15) is 12.5 Å². The average Bonchev–Trinajstić information content (AvgIpc) is 2.13. The molecule has 0 fully saturated rings. The van der Waals surface area contributed by atoms with Crippen molar-refractivity contribution in [2.75, 3.05) is 0 Å². The van der Waals surface area contributed by atoms with Crippen molar-refractivity contribution < 1.29 is 17.6 Å². The van der Waals surface area contributed by atoms with Crippen molar-refractivity contribution in [3.8, 4) is 0 Å². The molecule has 0 aromatic heterocycles. The molecule has 1 aromatic carbocycles. The van der Waals surface area contributed by atoms with Crippen LogP contribution in [0.5, 0.6) is 0 Å². The Balaban J connectivity index is 3.30. The number of hydrogen-bond donors (Lipinski definition) is 0. The Morgan fingerprint density at radius 3 is 2.11 bits per heavy atom. The summed E-state index contributed by atoms with van der Waals surface area (Å²) in [6.45, 7) is 6.33. The Kier molecular flexibility index (Phi) is 4.35. The summed E-state index contributed by atoms with van der Waals surface area (Å²) in [5.41, 5.74) is -2.15. The fourth-order valence-electron chi connectivity index (χ4n) is 1.68. The molecule has 0 saturated carbocycles. The lowest BCUT2D eigenvalue weighted by Crippen LogP contribution is -2.48. The largest absolute Gasteiger partial charge is 0.420 e. The molecule has 18 heavy (non-hydrogen) atoms. The molecular formula is C12H16BrF3OSi. The van der Waals surface area contributed by atoms with E-state index >= 15 is 0 Å². The van der Waals surface area contributed by atoms with Crippen molar-refractivity contribution >= 4 is 24.2 Å². The van der Waals surface area contributed by atoms with E-state index in [1.807, 2.05) is 0 Å². The minimum absolute atomic E-state index is 0.117. The summed E-state index contributed by atoms with van der Waals surface area (Å²) in [5.74, 6) is 0. The number of alkyl halides is 3. The molecule has 102 valence electrons. The minimum Gasteiger partial charge on any atom is -0.401 e. The molecule has 1 rings (SSSR count). The number of halogens is 4. The first-order chi connectivity index (χ1) is 7.96. The zero-order chi connectivity index (χ0) is 14.2. The molecule has 0 radical (unpaired) electrons. The van der Waals surface area contributed by atoms with E-state index in [0.29, 0.717) is 4.47 Å². The van der Waals surface area contributed by atoms with Crippen LogP contribution in [0.15, 0.2) is 28.7 Å². The van der Waals surface area contributed by atoms with Gasteiger partial charge in [-0.2, -0.15) is 13.2 Å². The van der Waals surface area contributed by atoms with Crippen LogP contribution in [0.3, 0.4) is 0 Å². The van der Waals surface area contributed by atoms with E-state index < -0.39 is 20.1 Å². The fraction of sp³-hybridized carbons (Fsp3) is 0.500. The highest BCUT2D eigenvalue weighted by Gasteiger charge is 2.55. The van der Waals surface area contributed by atoms with Crippen molar-refractivity contribution in [3.05, 3.63) is 34.3 Å². The molecule has 0 unspecified atom stereocenters. The lowest BCUT2D eigenvalue weighted by atomic mass is 9.96. The van der Waals surface area contributed by atoms with Gasteiger partial charge in [0, 0.05) is 4.47 Å². The summed E-state index contributed by atoms with van der Waals surface area (Å²) in [6.07, 6.45) is -4.45. The highest BCUT2D eigenvalue weighted by molar-refractivity contribution is 9.10. The summed E-state index contributed by atoms with van der Waals surface area (Å²) in [4.78, 5) is 0. The fourth-order valence-corrected chi connectivity index (χ4v) is 3.54.